The van der Waals surface area contributed by atoms with Crippen molar-refractivity contribution in [2.24, 2.45) is 0 Å². The first kappa shape index (κ1) is 20.1. The molecule has 0 aliphatic carbocycles. The summed E-state index contributed by atoms with van der Waals surface area (Å²) in [7, 11) is 0. The molecule has 7 nitrogen and oxygen atoms in total. The summed E-state index contributed by atoms with van der Waals surface area (Å²) >= 11 is 0. The summed E-state index contributed by atoms with van der Waals surface area (Å²) in [6.45, 7) is 5.23. The van der Waals surface area contributed by atoms with E-state index in [1.807, 2.05) is 66.3 Å². The summed E-state index contributed by atoms with van der Waals surface area (Å²) in [5, 5.41) is 11.2. The molecule has 0 atom stereocenters. The normalized spacial score (nSPS) is 15.1. The van der Waals surface area contributed by atoms with Crippen LogP contribution in [0.3, 0.4) is 0 Å². The number of ether oxygens (including phenoxy) is 1. The van der Waals surface area contributed by atoms with Gasteiger partial charge >= 0.3 is 6.09 Å². The van der Waals surface area contributed by atoms with Gasteiger partial charge in [-0.1, -0.05) is 35.5 Å². The lowest BCUT2D eigenvalue weighted by atomic mass is 9.89. The quantitative estimate of drug-likeness (QED) is 0.676. The summed E-state index contributed by atoms with van der Waals surface area (Å²) in [4.78, 5) is 14.1. The Balaban J connectivity index is 1.31. The second kappa shape index (κ2) is 9.54. The largest absolute Gasteiger partial charge is 0.412 e. The SMILES string of the molecule is CCNC(=O)Oc1cccc(C2CCN(Cc3cn(-c4ccccc4)nn3)CC2)c1. The molecule has 1 saturated heterocycles. The van der Waals surface area contributed by atoms with E-state index >= 15 is 0 Å². The summed E-state index contributed by atoms with van der Waals surface area (Å²) < 4.78 is 7.17. The van der Waals surface area contributed by atoms with Crippen LogP contribution in [0.4, 0.5) is 4.79 Å². The topological polar surface area (TPSA) is 72.3 Å². The molecule has 1 aliphatic heterocycles. The van der Waals surface area contributed by atoms with Crippen LogP contribution in [0.2, 0.25) is 0 Å². The molecule has 1 amide bonds. The number of rotatable bonds is 6. The first-order valence-corrected chi connectivity index (χ1v) is 10.5. The minimum Gasteiger partial charge on any atom is -0.410 e. The third-order valence-corrected chi connectivity index (χ3v) is 5.40. The van der Waals surface area contributed by atoms with Crippen LogP contribution in [0.5, 0.6) is 5.75 Å². The maximum absolute atomic E-state index is 11.7. The fraction of sp³-hybridized carbons (Fsp3) is 0.348. The molecule has 1 fully saturated rings. The summed E-state index contributed by atoms with van der Waals surface area (Å²) in [5.41, 5.74) is 3.23. The fourth-order valence-electron chi connectivity index (χ4n) is 3.85. The van der Waals surface area contributed by atoms with Gasteiger partial charge < -0.3 is 10.1 Å². The van der Waals surface area contributed by atoms with Gasteiger partial charge in [0.05, 0.1) is 17.6 Å². The van der Waals surface area contributed by atoms with E-state index in [2.05, 4.69) is 26.6 Å². The number of likely N-dealkylation sites (tertiary alicyclic amines) is 1. The van der Waals surface area contributed by atoms with Crippen molar-refractivity contribution >= 4 is 6.09 Å². The minimum atomic E-state index is -0.409. The second-order valence-corrected chi connectivity index (χ2v) is 7.53. The monoisotopic (exact) mass is 405 g/mol. The zero-order valence-corrected chi connectivity index (χ0v) is 17.2. The van der Waals surface area contributed by atoms with Gasteiger partial charge in [0.2, 0.25) is 0 Å². The first-order chi connectivity index (χ1) is 14.7. The molecule has 156 valence electrons. The van der Waals surface area contributed by atoms with Crippen LogP contribution < -0.4 is 10.1 Å². The van der Waals surface area contributed by atoms with Gasteiger partial charge in [-0.05, 0) is 68.6 Å². The van der Waals surface area contributed by atoms with E-state index in [4.69, 9.17) is 4.74 Å². The predicted octanol–water partition coefficient (Wildman–Crippen LogP) is 3.76. The van der Waals surface area contributed by atoms with Gasteiger partial charge in [0.1, 0.15) is 5.75 Å². The van der Waals surface area contributed by atoms with Gasteiger partial charge in [-0.15, -0.1) is 5.10 Å². The molecule has 4 rings (SSSR count). The summed E-state index contributed by atoms with van der Waals surface area (Å²) in [6, 6.07) is 17.9. The average Bonchev–Trinajstić information content (AvgIpc) is 3.24. The molecule has 7 heteroatoms. The average molecular weight is 406 g/mol. The van der Waals surface area contributed by atoms with Crippen molar-refractivity contribution in [1.29, 1.82) is 0 Å². The molecule has 3 aromatic rings. The number of carbonyl (C=O) groups is 1. The smallest absolute Gasteiger partial charge is 0.410 e. The lowest BCUT2D eigenvalue weighted by Gasteiger charge is -2.31. The van der Waals surface area contributed by atoms with E-state index in [-0.39, 0.29) is 0 Å². The van der Waals surface area contributed by atoms with Crippen molar-refractivity contribution in [2.45, 2.75) is 32.2 Å². The van der Waals surface area contributed by atoms with Gasteiger partial charge in [0, 0.05) is 13.1 Å². The zero-order chi connectivity index (χ0) is 20.8. The van der Waals surface area contributed by atoms with Gasteiger partial charge in [0.15, 0.2) is 0 Å². The number of nitrogens with zero attached hydrogens (tertiary/aromatic N) is 4. The van der Waals surface area contributed by atoms with Crippen LogP contribution in [-0.2, 0) is 6.54 Å². The number of hydrogen-bond donors (Lipinski definition) is 1. The second-order valence-electron chi connectivity index (χ2n) is 7.53. The minimum absolute atomic E-state index is 0.409. The molecule has 2 aromatic carbocycles. The highest BCUT2D eigenvalue weighted by molar-refractivity contribution is 5.70. The Labute approximate surface area is 176 Å². The third-order valence-electron chi connectivity index (χ3n) is 5.40. The van der Waals surface area contributed by atoms with E-state index in [1.165, 1.54) is 5.56 Å². The van der Waals surface area contributed by atoms with Gasteiger partial charge in [-0.2, -0.15) is 0 Å². The van der Waals surface area contributed by atoms with E-state index in [9.17, 15) is 4.79 Å². The Bertz CT molecular complexity index is 964. The fourth-order valence-corrected chi connectivity index (χ4v) is 3.85. The Morgan fingerprint density at radius 2 is 1.93 bits per heavy atom. The highest BCUT2D eigenvalue weighted by Crippen LogP contribution is 2.30. The lowest BCUT2D eigenvalue weighted by molar-refractivity contribution is 0.199. The van der Waals surface area contributed by atoms with E-state index in [0.29, 0.717) is 18.2 Å². The number of aromatic nitrogens is 3. The molecule has 0 spiro atoms. The maximum Gasteiger partial charge on any atom is 0.412 e. The number of nitrogens with one attached hydrogen (secondary N) is 1. The molecule has 1 aromatic heterocycles. The Morgan fingerprint density at radius 3 is 2.70 bits per heavy atom. The van der Waals surface area contributed by atoms with Crippen LogP contribution in [0.25, 0.3) is 5.69 Å². The molecule has 1 aliphatic rings. The van der Waals surface area contributed by atoms with Crippen LogP contribution in [-0.4, -0.2) is 45.6 Å². The standard InChI is InChI=1S/C23H27N5O2/c1-2-24-23(29)30-22-10-6-7-19(15-22)18-11-13-27(14-12-18)16-20-17-28(26-25-20)21-8-4-3-5-9-21/h3-10,15,17-18H,2,11-14,16H2,1H3,(H,24,29). The van der Waals surface area contributed by atoms with Crippen LogP contribution in [0, 0.1) is 0 Å². The summed E-state index contributed by atoms with van der Waals surface area (Å²) in [5.74, 6) is 1.07. The molecule has 0 bridgehead atoms. The Kier molecular flexibility index (Phi) is 6.39. The molecular weight excluding hydrogens is 378 g/mol. The lowest BCUT2D eigenvalue weighted by Crippen LogP contribution is -2.32. The number of carbonyl (C=O) groups excluding carboxylic acids is 1. The van der Waals surface area contributed by atoms with Crippen LogP contribution in [0.15, 0.2) is 60.8 Å². The highest BCUT2D eigenvalue weighted by atomic mass is 16.6. The molecule has 0 saturated carbocycles. The number of piperidine rings is 1. The van der Waals surface area contributed by atoms with E-state index in [0.717, 1.165) is 43.9 Å². The highest BCUT2D eigenvalue weighted by Gasteiger charge is 2.22. The molecule has 0 radical (unpaired) electrons. The summed E-state index contributed by atoms with van der Waals surface area (Å²) in [6.07, 6.45) is 3.73. The van der Waals surface area contributed by atoms with Gasteiger partial charge in [-0.3, -0.25) is 4.90 Å². The predicted molar refractivity (Wildman–Crippen MR) is 115 cm³/mol. The molecule has 2 heterocycles. The van der Waals surface area contributed by atoms with E-state index < -0.39 is 6.09 Å². The van der Waals surface area contributed by atoms with Crippen molar-refractivity contribution in [1.82, 2.24) is 25.2 Å². The maximum atomic E-state index is 11.7. The van der Waals surface area contributed by atoms with Crippen molar-refractivity contribution in [2.75, 3.05) is 19.6 Å². The Hall–Kier alpha value is -3.19. The number of hydrogen-bond acceptors (Lipinski definition) is 5. The van der Waals surface area contributed by atoms with Crippen LogP contribution in [0.1, 0.15) is 36.9 Å². The number of benzene rings is 2. The van der Waals surface area contributed by atoms with Crippen LogP contribution >= 0.6 is 0 Å². The molecular formula is C23H27N5O2. The zero-order valence-electron chi connectivity index (χ0n) is 17.2. The molecule has 30 heavy (non-hydrogen) atoms. The van der Waals surface area contributed by atoms with Crippen molar-refractivity contribution in [3.63, 3.8) is 0 Å². The number of amides is 1. The Morgan fingerprint density at radius 1 is 1.13 bits per heavy atom. The van der Waals surface area contributed by atoms with Crippen molar-refractivity contribution in [3.8, 4) is 11.4 Å². The first-order valence-electron chi connectivity index (χ1n) is 10.5. The van der Waals surface area contributed by atoms with E-state index in [1.54, 1.807) is 0 Å². The van der Waals surface area contributed by atoms with Crippen molar-refractivity contribution in [3.05, 3.63) is 72.1 Å². The van der Waals surface area contributed by atoms with Gasteiger partial charge in [-0.25, -0.2) is 9.48 Å². The van der Waals surface area contributed by atoms with Gasteiger partial charge in [0.25, 0.3) is 0 Å². The third kappa shape index (κ3) is 5.04. The number of para-hydroxylation sites is 1. The molecule has 0 unspecified atom stereocenters. The van der Waals surface area contributed by atoms with Crippen molar-refractivity contribution < 1.29 is 9.53 Å². The molecule has 1 N–H and O–H groups in total.